The lowest BCUT2D eigenvalue weighted by Crippen LogP contribution is -2.56. The molecule has 5 fully saturated rings. The van der Waals surface area contributed by atoms with Crippen LogP contribution >= 0.6 is 0 Å². The molecule has 2 bridgehead atoms. The van der Waals surface area contributed by atoms with Crippen LogP contribution in [-0.4, -0.2) is 24.3 Å². The maximum atomic E-state index is 12.4. The lowest BCUT2D eigenvalue weighted by molar-refractivity contribution is -0.141. The van der Waals surface area contributed by atoms with Crippen LogP contribution in [0.4, 0.5) is 0 Å². The minimum atomic E-state index is -0.0471. The average Bonchev–Trinajstić information content (AvgIpc) is 2.94. The van der Waals surface area contributed by atoms with Gasteiger partial charge in [-0.05, 0) is 49.9 Å². The molecule has 0 amide bonds. The van der Waals surface area contributed by atoms with Crippen LogP contribution in [0.3, 0.4) is 0 Å². The molecule has 5 rings (SSSR count). The first-order valence-electron chi connectivity index (χ1n) is 9.21. The van der Waals surface area contributed by atoms with Crippen molar-refractivity contribution < 1.29 is 14.3 Å². The van der Waals surface area contributed by atoms with Gasteiger partial charge in [-0.3, -0.25) is 9.59 Å². The van der Waals surface area contributed by atoms with Crippen LogP contribution in [0.5, 0.6) is 0 Å². The van der Waals surface area contributed by atoms with E-state index < -0.39 is 0 Å². The van der Waals surface area contributed by atoms with Gasteiger partial charge in [-0.2, -0.15) is 0 Å². The fourth-order valence-electron chi connectivity index (χ4n) is 7.34. The predicted molar refractivity (Wildman–Crippen MR) is 81.2 cm³/mol. The fraction of sp³-hybridized carbons (Fsp3) is 0.895. The van der Waals surface area contributed by atoms with Crippen molar-refractivity contribution in [2.75, 3.05) is 6.61 Å². The molecule has 0 aromatic heterocycles. The van der Waals surface area contributed by atoms with E-state index in [1.54, 1.807) is 0 Å². The third kappa shape index (κ3) is 1.47. The Balaban J connectivity index is 1.54. The zero-order valence-corrected chi connectivity index (χ0v) is 13.5. The zero-order chi connectivity index (χ0) is 15.1. The molecule has 4 aliphatic carbocycles. The van der Waals surface area contributed by atoms with Gasteiger partial charge in [0.05, 0.1) is 12.7 Å². The van der Waals surface area contributed by atoms with Crippen molar-refractivity contribution in [1.82, 2.24) is 0 Å². The molecular weight excluding hydrogens is 276 g/mol. The van der Waals surface area contributed by atoms with Gasteiger partial charge in [0.25, 0.3) is 0 Å². The molecule has 5 aliphatic rings. The van der Waals surface area contributed by atoms with Gasteiger partial charge in [0.15, 0.2) is 0 Å². The van der Waals surface area contributed by atoms with E-state index in [9.17, 15) is 9.59 Å². The van der Waals surface area contributed by atoms with E-state index in [1.165, 1.54) is 6.42 Å². The molecule has 0 unspecified atom stereocenters. The lowest BCUT2D eigenvalue weighted by Gasteiger charge is -2.57. The second-order valence-corrected chi connectivity index (χ2v) is 8.96. The molecular formula is C19H26O3. The van der Waals surface area contributed by atoms with Crippen LogP contribution in [0.25, 0.3) is 0 Å². The first-order valence-corrected chi connectivity index (χ1v) is 9.21. The summed E-state index contributed by atoms with van der Waals surface area (Å²) in [5.74, 6) is 3.40. The van der Waals surface area contributed by atoms with Crippen molar-refractivity contribution in [3.8, 4) is 0 Å². The maximum absolute atomic E-state index is 12.4. The first-order chi connectivity index (χ1) is 10.5. The molecule has 3 heteroatoms. The smallest absolute Gasteiger partial charge is 0.139 e. The molecule has 1 heterocycles. The molecule has 4 saturated carbocycles. The molecule has 1 saturated heterocycles. The molecule has 22 heavy (non-hydrogen) atoms. The Labute approximate surface area is 132 Å². The Kier molecular flexibility index (Phi) is 2.63. The van der Waals surface area contributed by atoms with Crippen molar-refractivity contribution in [3.63, 3.8) is 0 Å². The number of carbonyl (C=O) groups is 2. The molecule has 7 atom stereocenters. The minimum absolute atomic E-state index is 0.0471. The van der Waals surface area contributed by atoms with E-state index in [0.717, 1.165) is 51.6 Å². The molecule has 3 nitrogen and oxygen atoms in total. The summed E-state index contributed by atoms with van der Waals surface area (Å²) >= 11 is 0. The van der Waals surface area contributed by atoms with E-state index in [2.05, 4.69) is 6.92 Å². The second-order valence-electron chi connectivity index (χ2n) is 8.96. The van der Waals surface area contributed by atoms with Crippen LogP contribution in [0.2, 0.25) is 0 Å². The van der Waals surface area contributed by atoms with Crippen LogP contribution in [0.1, 0.15) is 58.3 Å². The summed E-state index contributed by atoms with van der Waals surface area (Å²) < 4.78 is 6.23. The summed E-state index contributed by atoms with van der Waals surface area (Å²) in [5.41, 5.74) is 0.225. The average molecular weight is 302 g/mol. The van der Waals surface area contributed by atoms with Gasteiger partial charge < -0.3 is 4.74 Å². The molecule has 1 aliphatic heterocycles. The topological polar surface area (TPSA) is 43.4 Å². The Morgan fingerprint density at radius 2 is 1.91 bits per heavy atom. The normalized spacial score (nSPS) is 56.5. The fourth-order valence-corrected chi connectivity index (χ4v) is 7.34. The van der Waals surface area contributed by atoms with Crippen LogP contribution in [0, 0.1) is 34.5 Å². The van der Waals surface area contributed by atoms with Gasteiger partial charge in [-0.25, -0.2) is 0 Å². The van der Waals surface area contributed by atoms with Crippen molar-refractivity contribution >= 4 is 11.6 Å². The third-order valence-corrected chi connectivity index (χ3v) is 8.46. The number of hydrogen-bond acceptors (Lipinski definition) is 3. The number of carbonyl (C=O) groups excluding carboxylic acids is 2. The van der Waals surface area contributed by atoms with E-state index in [1.807, 2.05) is 0 Å². The van der Waals surface area contributed by atoms with Gasteiger partial charge in [-0.15, -0.1) is 0 Å². The quantitative estimate of drug-likeness (QED) is 0.690. The van der Waals surface area contributed by atoms with Gasteiger partial charge in [0.2, 0.25) is 0 Å². The zero-order valence-electron chi connectivity index (χ0n) is 13.5. The van der Waals surface area contributed by atoms with Crippen molar-refractivity contribution in [2.24, 2.45) is 34.5 Å². The molecule has 0 aromatic carbocycles. The molecule has 120 valence electrons. The monoisotopic (exact) mass is 302 g/mol. The highest BCUT2D eigenvalue weighted by molar-refractivity contribution is 5.87. The first kappa shape index (κ1) is 13.7. The number of ether oxygens (including phenoxy) is 1. The van der Waals surface area contributed by atoms with E-state index in [4.69, 9.17) is 4.74 Å². The van der Waals surface area contributed by atoms with Crippen LogP contribution in [0.15, 0.2) is 0 Å². The number of ketones is 2. The Morgan fingerprint density at radius 3 is 2.77 bits per heavy atom. The number of hydrogen-bond donors (Lipinski definition) is 0. The number of rotatable bonds is 0. The highest BCUT2D eigenvalue weighted by Crippen LogP contribution is 2.67. The largest absolute Gasteiger partial charge is 0.377 e. The molecule has 0 aromatic rings. The van der Waals surface area contributed by atoms with Crippen molar-refractivity contribution in [3.05, 3.63) is 0 Å². The summed E-state index contributed by atoms with van der Waals surface area (Å²) in [7, 11) is 0. The van der Waals surface area contributed by atoms with Crippen molar-refractivity contribution in [2.45, 2.75) is 64.4 Å². The van der Waals surface area contributed by atoms with Crippen LogP contribution < -0.4 is 0 Å². The van der Waals surface area contributed by atoms with Gasteiger partial charge in [-0.1, -0.05) is 6.92 Å². The minimum Gasteiger partial charge on any atom is -0.377 e. The SMILES string of the molecule is C[C@]12CC[C@H]3[C@@H](C[C@H]4OC[C@@]35CCC(=O)C[C@H]45)[C@@H]1CCC2=O. The Morgan fingerprint density at radius 1 is 1.05 bits per heavy atom. The number of Topliss-reactive ketones (excluding diaryl/α,β-unsaturated/α-hetero) is 2. The molecule has 0 N–H and O–H groups in total. The number of fused-ring (bicyclic) bond motifs is 3. The predicted octanol–water partition coefficient (Wildman–Crippen LogP) is 3.16. The van der Waals surface area contributed by atoms with Gasteiger partial charge >= 0.3 is 0 Å². The summed E-state index contributed by atoms with van der Waals surface area (Å²) in [5, 5.41) is 0. The van der Waals surface area contributed by atoms with Crippen molar-refractivity contribution in [1.29, 1.82) is 0 Å². The second kappa shape index (κ2) is 4.23. The van der Waals surface area contributed by atoms with E-state index >= 15 is 0 Å². The summed E-state index contributed by atoms with van der Waals surface area (Å²) in [6.45, 7) is 3.12. The lowest BCUT2D eigenvalue weighted by atomic mass is 9.45. The standard InChI is InChI=1S/C19H26O3/c1-18-6-5-14-12(13(18)2-3-17(18)21)9-16-15-8-11(20)4-7-19(14,15)10-22-16/h12-16H,2-10H2,1H3/t12-,13-,14-,15+,16+,18-,19-/m0/s1. The van der Waals surface area contributed by atoms with Gasteiger partial charge in [0.1, 0.15) is 11.6 Å². The van der Waals surface area contributed by atoms with E-state index in [-0.39, 0.29) is 10.8 Å². The van der Waals surface area contributed by atoms with Crippen LogP contribution in [-0.2, 0) is 14.3 Å². The Bertz CT molecular complexity index is 555. The highest BCUT2D eigenvalue weighted by atomic mass is 16.5. The Hall–Kier alpha value is -0.700. The van der Waals surface area contributed by atoms with Gasteiger partial charge in [0, 0.05) is 36.0 Å². The highest BCUT2D eigenvalue weighted by Gasteiger charge is 2.66. The summed E-state index contributed by atoms with van der Waals surface area (Å²) in [6.07, 6.45) is 8.13. The third-order valence-electron chi connectivity index (χ3n) is 8.46. The summed E-state index contributed by atoms with van der Waals surface area (Å²) in [6, 6.07) is 0. The maximum Gasteiger partial charge on any atom is 0.139 e. The molecule has 0 radical (unpaired) electrons. The van der Waals surface area contributed by atoms with E-state index in [0.29, 0.717) is 41.3 Å². The molecule has 0 spiro atoms. The summed E-state index contributed by atoms with van der Waals surface area (Å²) in [4.78, 5) is 24.4.